The topological polar surface area (TPSA) is 99.8 Å². The predicted octanol–water partition coefficient (Wildman–Crippen LogP) is 2.31. The Balaban J connectivity index is 1.93. The molecule has 1 aliphatic rings. The van der Waals surface area contributed by atoms with Crippen molar-refractivity contribution in [1.82, 2.24) is 14.5 Å². The maximum atomic E-state index is 12.9. The van der Waals surface area contributed by atoms with Gasteiger partial charge in [-0.1, -0.05) is 48.5 Å². The van der Waals surface area contributed by atoms with Gasteiger partial charge < -0.3 is 10.3 Å². The molecule has 138 valence electrons. The van der Waals surface area contributed by atoms with E-state index in [0.717, 1.165) is 16.8 Å². The molecule has 0 saturated carbocycles. The van der Waals surface area contributed by atoms with Crippen LogP contribution in [0.3, 0.4) is 0 Å². The first-order valence-electron chi connectivity index (χ1n) is 8.86. The van der Waals surface area contributed by atoms with Gasteiger partial charge in [-0.25, -0.2) is 4.79 Å². The largest absolute Gasteiger partial charge is 0.340 e. The van der Waals surface area contributed by atoms with E-state index in [4.69, 9.17) is 0 Å². The molecule has 0 aliphatic carbocycles. The highest BCUT2D eigenvalue weighted by Crippen LogP contribution is 2.43. The number of benzene rings is 2. The monoisotopic (exact) mass is 372 g/mol. The molecule has 3 N–H and O–H groups in total. The van der Waals surface area contributed by atoms with Gasteiger partial charge in [0.05, 0.1) is 17.0 Å². The van der Waals surface area contributed by atoms with Crippen LogP contribution in [0.5, 0.6) is 0 Å². The highest BCUT2D eigenvalue weighted by atomic mass is 16.2. The number of rotatable bonds is 2. The summed E-state index contributed by atoms with van der Waals surface area (Å²) >= 11 is 0. The number of hydrogen-bond donors (Lipinski definition) is 3. The molecule has 0 saturated heterocycles. The summed E-state index contributed by atoms with van der Waals surface area (Å²) in [6.45, 7) is 0. The van der Waals surface area contributed by atoms with Gasteiger partial charge in [-0.3, -0.25) is 19.1 Å². The summed E-state index contributed by atoms with van der Waals surface area (Å²) in [4.78, 5) is 43.4. The third-order valence-corrected chi connectivity index (χ3v) is 5.25. The van der Waals surface area contributed by atoms with E-state index < -0.39 is 17.2 Å². The summed E-state index contributed by atoms with van der Waals surface area (Å²) in [5.74, 6) is -0.855. The molecule has 3 heterocycles. The molecule has 7 nitrogen and oxygen atoms in total. The Kier molecular flexibility index (Phi) is 3.39. The number of fused-ring (bicyclic) bond motifs is 2. The van der Waals surface area contributed by atoms with Crippen molar-refractivity contribution in [2.24, 2.45) is 7.05 Å². The highest BCUT2D eigenvalue weighted by molar-refractivity contribution is 6.08. The van der Waals surface area contributed by atoms with E-state index in [-0.39, 0.29) is 5.91 Å². The quantitative estimate of drug-likeness (QED) is 0.503. The van der Waals surface area contributed by atoms with Crippen molar-refractivity contribution in [3.05, 3.63) is 86.6 Å². The van der Waals surface area contributed by atoms with Gasteiger partial charge in [0, 0.05) is 18.3 Å². The first-order valence-corrected chi connectivity index (χ1v) is 8.86. The van der Waals surface area contributed by atoms with Crippen LogP contribution in [0.15, 0.2) is 64.2 Å². The molecule has 0 radical (unpaired) electrons. The number of amides is 1. The number of carbonyl (C=O) groups is 1. The average Bonchev–Trinajstić information content (AvgIpc) is 3.24. The van der Waals surface area contributed by atoms with Crippen LogP contribution in [0.25, 0.3) is 22.3 Å². The summed E-state index contributed by atoms with van der Waals surface area (Å²) in [5, 5.41) is 3.21. The second kappa shape index (κ2) is 5.82. The first kappa shape index (κ1) is 16.3. The summed E-state index contributed by atoms with van der Waals surface area (Å²) in [6, 6.07) is 16.9. The van der Waals surface area contributed by atoms with Crippen LogP contribution in [0.2, 0.25) is 0 Å². The summed E-state index contributed by atoms with van der Waals surface area (Å²) in [7, 11) is 1.58. The Bertz CT molecular complexity index is 1360. The Labute approximate surface area is 158 Å². The van der Waals surface area contributed by atoms with Crippen molar-refractivity contribution in [1.29, 1.82) is 0 Å². The van der Waals surface area contributed by atoms with Gasteiger partial charge in [0.2, 0.25) is 5.91 Å². The molecule has 5 rings (SSSR count). The number of aromatic nitrogens is 3. The maximum absolute atomic E-state index is 12.9. The number of carbonyl (C=O) groups excluding carboxylic acids is 1. The third kappa shape index (κ3) is 2.19. The van der Waals surface area contributed by atoms with Crippen molar-refractivity contribution in [2.75, 3.05) is 5.32 Å². The Morgan fingerprint density at radius 2 is 1.61 bits per heavy atom. The highest BCUT2D eigenvalue weighted by Gasteiger charge is 2.36. The smallest absolute Gasteiger partial charge is 0.329 e. The van der Waals surface area contributed by atoms with Gasteiger partial charge in [-0.15, -0.1) is 0 Å². The van der Waals surface area contributed by atoms with Gasteiger partial charge in [0.25, 0.3) is 5.56 Å². The number of para-hydroxylation sites is 1. The molecule has 1 aliphatic heterocycles. The van der Waals surface area contributed by atoms with Crippen molar-refractivity contribution in [3.63, 3.8) is 0 Å². The fourth-order valence-corrected chi connectivity index (χ4v) is 3.94. The van der Waals surface area contributed by atoms with Crippen LogP contribution in [0.4, 0.5) is 5.69 Å². The molecular weight excluding hydrogens is 356 g/mol. The normalized spacial score (nSPS) is 15.6. The molecule has 7 heteroatoms. The average molecular weight is 372 g/mol. The lowest BCUT2D eigenvalue weighted by atomic mass is 9.89. The minimum absolute atomic E-state index is 0.201. The minimum Gasteiger partial charge on any atom is -0.340 e. The van der Waals surface area contributed by atoms with Gasteiger partial charge in [-0.05, 0) is 17.2 Å². The summed E-state index contributed by atoms with van der Waals surface area (Å²) in [6.07, 6.45) is 0. The van der Waals surface area contributed by atoms with E-state index in [1.54, 1.807) is 7.05 Å². The first-order chi connectivity index (χ1) is 13.6. The molecule has 1 atom stereocenters. The van der Waals surface area contributed by atoms with Gasteiger partial charge in [-0.2, -0.15) is 0 Å². The van der Waals surface area contributed by atoms with E-state index in [1.807, 2.05) is 54.6 Å². The molecule has 1 unspecified atom stereocenters. The Morgan fingerprint density at radius 3 is 2.39 bits per heavy atom. The molecule has 0 bridgehead atoms. The number of nitrogens with zero attached hydrogens (tertiary/aromatic N) is 1. The van der Waals surface area contributed by atoms with E-state index in [9.17, 15) is 14.4 Å². The SMILES string of the molecule is Cn1c(=O)[nH]c(=O)c2c(C3C(=O)Nc4ccccc43)c(-c3ccccc3)[nH]c21. The minimum atomic E-state index is -0.654. The van der Waals surface area contributed by atoms with Crippen molar-refractivity contribution in [2.45, 2.75) is 5.92 Å². The fourth-order valence-electron chi connectivity index (χ4n) is 3.94. The predicted molar refractivity (Wildman–Crippen MR) is 107 cm³/mol. The van der Waals surface area contributed by atoms with E-state index in [0.29, 0.717) is 22.3 Å². The zero-order valence-corrected chi connectivity index (χ0v) is 14.9. The lowest BCUT2D eigenvalue weighted by Gasteiger charge is -2.11. The van der Waals surface area contributed by atoms with Gasteiger partial charge in [0.15, 0.2) is 0 Å². The number of hydrogen-bond acceptors (Lipinski definition) is 3. The molecule has 28 heavy (non-hydrogen) atoms. The van der Waals surface area contributed by atoms with Crippen molar-refractivity contribution >= 4 is 22.6 Å². The zero-order chi connectivity index (χ0) is 19.4. The number of nitrogens with one attached hydrogen (secondary N) is 3. The van der Waals surface area contributed by atoms with E-state index in [2.05, 4.69) is 15.3 Å². The number of aromatic amines is 2. The Hall–Kier alpha value is -3.87. The molecule has 0 fully saturated rings. The van der Waals surface area contributed by atoms with Crippen molar-refractivity contribution in [3.8, 4) is 11.3 Å². The van der Waals surface area contributed by atoms with Crippen molar-refractivity contribution < 1.29 is 4.79 Å². The molecular formula is C21H16N4O3. The molecule has 2 aromatic carbocycles. The molecule has 1 amide bonds. The fraction of sp³-hybridized carbons (Fsp3) is 0.0952. The van der Waals surface area contributed by atoms with E-state index in [1.165, 1.54) is 4.57 Å². The van der Waals surface area contributed by atoms with Gasteiger partial charge >= 0.3 is 5.69 Å². The van der Waals surface area contributed by atoms with Crippen LogP contribution in [-0.4, -0.2) is 20.4 Å². The second-order valence-corrected chi connectivity index (χ2v) is 6.83. The van der Waals surface area contributed by atoms with Crippen LogP contribution in [-0.2, 0) is 11.8 Å². The lowest BCUT2D eigenvalue weighted by molar-refractivity contribution is -0.116. The third-order valence-electron chi connectivity index (χ3n) is 5.25. The van der Waals surface area contributed by atoms with Gasteiger partial charge in [0.1, 0.15) is 5.65 Å². The summed E-state index contributed by atoms with van der Waals surface area (Å²) in [5.41, 5.74) is 2.95. The number of aryl methyl sites for hydroxylation is 1. The number of H-pyrrole nitrogens is 2. The molecule has 2 aromatic heterocycles. The number of anilines is 1. The standard InChI is InChI=1S/C21H16N4O3/c1-25-18-16(20(27)24-21(25)28)15(17(23-18)11-7-3-2-4-8-11)14-12-9-5-6-10-13(12)22-19(14)26/h2-10,14,23H,1H3,(H,22,26)(H,24,27,28). The van der Waals surface area contributed by atoms with E-state index >= 15 is 0 Å². The molecule has 4 aromatic rings. The zero-order valence-electron chi connectivity index (χ0n) is 14.9. The lowest BCUT2D eigenvalue weighted by Crippen LogP contribution is -2.28. The van der Waals surface area contributed by atoms with Crippen LogP contribution in [0.1, 0.15) is 17.0 Å². The molecule has 0 spiro atoms. The second-order valence-electron chi connectivity index (χ2n) is 6.83. The summed E-state index contributed by atoms with van der Waals surface area (Å²) < 4.78 is 1.35. The maximum Gasteiger partial charge on any atom is 0.329 e. The van der Waals surface area contributed by atoms with Crippen LogP contribution >= 0.6 is 0 Å². The Morgan fingerprint density at radius 1 is 0.893 bits per heavy atom. The van der Waals surface area contributed by atoms with Crippen LogP contribution < -0.4 is 16.6 Å². The van der Waals surface area contributed by atoms with Crippen LogP contribution in [0, 0.1) is 0 Å².